The van der Waals surface area contributed by atoms with Crippen LogP contribution in [0.15, 0.2) is 30.3 Å². The van der Waals surface area contributed by atoms with E-state index in [1.807, 2.05) is 6.07 Å². The van der Waals surface area contributed by atoms with E-state index in [4.69, 9.17) is 4.74 Å². The molecule has 3 rings (SSSR count). The zero-order chi connectivity index (χ0) is 16.7. The first-order valence-electron chi connectivity index (χ1n) is 7.44. The SMILES string of the molecule is O=C(OCc1ccccc1)N1CC2CCC(C(=O)O)(C1)C2(F)F. The molecule has 5 nitrogen and oxygen atoms in total. The molecule has 1 heterocycles. The third kappa shape index (κ3) is 2.44. The average molecular weight is 325 g/mol. The third-order valence-corrected chi connectivity index (χ3v) is 4.84. The van der Waals surface area contributed by atoms with Crippen molar-refractivity contribution < 1.29 is 28.2 Å². The molecule has 1 amide bonds. The maximum atomic E-state index is 14.3. The van der Waals surface area contributed by atoms with Gasteiger partial charge in [-0.25, -0.2) is 13.6 Å². The van der Waals surface area contributed by atoms with Gasteiger partial charge in [-0.15, -0.1) is 0 Å². The fourth-order valence-corrected chi connectivity index (χ4v) is 3.47. The number of alkyl halides is 2. The molecule has 0 aromatic heterocycles. The van der Waals surface area contributed by atoms with Crippen LogP contribution in [0.1, 0.15) is 18.4 Å². The van der Waals surface area contributed by atoms with Crippen LogP contribution in [0, 0.1) is 11.3 Å². The second kappa shape index (κ2) is 5.47. The highest BCUT2D eigenvalue weighted by molar-refractivity contribution is 5.79. The van der Waals surface area contributed by atoms with E-state index in [1.165, 1.54) is 0 Å². The summed E-state index contributed by atoms with van der Waals surface area (Å²) < 4.78 is 33.7. The van der Waals surface area contributed by atoms with Crippen molar-refractivity contribution in [3.05, 3.63) is 35.9 Å². The molecule has 2 aliphatic rings. The van der Waals surface area contributed by atoms with Gasteiger partial charge in [0, 0.05) is 19.0 Å². The number of aliphatic carboxylic acids is 1. The number of carboxylic acids is 1. The highest BCUT2D eigenvalue weighted by atomic mass is 19.3. The summed E-state index contributed by atoms with van der Waals surface area (Å²) >= 11 is 0. The predicted molar refractivity (Wildman–Crippen MR) is 75.9 cm³/mol. The van der Waals surface area contributed by atoms with E-state index in [1.54, 1.807) is 24.3 Å². The molecule has 1 saturated carbocycles. The summed E-state index contributed by atoms with van der Waals surface area (Å²) in [6, 6.07) is 8.97. The summed E-state index contributed by atoms with van der Waals surface area (Å²) in [6.07, 6.45) is -0.772. The van der Waals surface area contributed by atoms with Gasteiger partial charge in [-0.05, 0) is 18.4 Å². The molecule has 1 N–H and O–H groups in total. The lowest BCUT2D eigenvalue weighted by Gasteiger charge is -2.42. The van der Waals surface area contributed by atoms with Gasteiger partial charge < -0.3 is 14.7 Å². The molecule has 2 bridgehead atoms. The van der Waals surface area contributed by atoms with Crippen molar-refractivity contribution in [2.75, 3.05) is 13.1 Å². The summed E-state index contributed by atoms with van der Waals surface area (Å²) in [5.41, 5.74) is -1.42. The van der Waals surface area contributed by atoms with Crippen LogP contribution in [0.4, 0.5) is 13.6 Å². The summed E-state index contributed by atoms with van der Waals surface area (Å²) in [5, 5.41) is 9.30. The summed E-state index contributed by atoms with van der Waals surface area (Å²) in [5.74, 6) is -5.98. The molecule has 2 unspecified atom stereocenters. The van der Waals surface area contributed by atoms with Gasteiger partial charge in [-0.1, -0.05) is 30.3 Å². The van der Waals surface area contributed by atoms with Gasteiger partial charge in [0.1, 0.15) is 12.0 Å². The molecule has 1 aliphatic carbocycles. The van der Waals surface area contributed by atoms with Gasteiger partial charge in [0.15, 0.2) is 0 Å². The van der Waals surface area contributed by atoms with E-state index < -0.39 is 35.9 Å². The largest absolute Gasteiger partial charge is 0.481 e. The normalized spacial score (nSPS) is 28.4. The predicted octanol–water partition coefficient (Wildman–Crippen LogP) is 2.76. The molecule has 1 aromatic rings. The maximum absolute atomic E-state index is 14.3. The molecule has 2 atom stereocenters. The van der Waals surface area contributed by atoms with Crippen LogP contribution in [0.2, 0.25) is 0 Å². The quantitative estimate of drug-likeness (QED) is 0.928. The van der Waals surface area contributed by atoms with Gasteiger partial charge in [-0.2, -0.15) is 0 Å². The van der Waals surface area contributed by atoms with Crippen LogP contribution in [0.3, 0.4) is 0 Å². The Bertz CT molecular complexity index is 622. The van der Waals surface area contributed by atoms with Crippen molar-refractivity contribution in [2.45, 2.75) is 25.4 Å². The Kier molecular flexibility index (Phi) is 3.74. The number of nitrogens with zero attached hydrogens (tertiary/aromatic N) is 1. The van der Waals surface area contributed by atoms with Gasteiger partial charge in [0.05, 0.1) is 0 Å². The van der Waals surface area contributed by atoms with Crippen LogP contribution in [0.5, 0.6) is 0 Å². The molecular weight excluding hydrogens is 308 g/mol. The first-order valence-corrected chi connectivity index (χ1v) is 7.44. The second-order valence-corrected chi connectivity index (χ2v) is 6.17. The number of ether oxygens (including phenoxy) is 1. The smallest absolute Gasteiger partial charge is 0.410 e. The molecule has 2 fully saturated rings. The zero-order valence-electron chi connectivity index (χ0n) is 12.4. The van der Waals surface area contributed by atoms with Crippen LogP contribution < -0.4 is 0 Å². The summed E-state index contributed by atoms with van der Waals surface area (Å²) in [7, 11) is 0. The number of amides is 1. The van der Waals surface area contributed by atoms with Gasteiger partial charge >= 0.3 is 12.1 Å². The van der Waals surface area contributed by atoms with Crippen LogP contribution in [-0.4, -0.2) is 41.1 Å². The Morgan fingerprint density at radius 1 is 1.30 bits per heavy atom. The number of benzene rings is 1. The Labute approximate surface area is 131 Å². The fraction of sp³-hybridized carbons (Fsp3) is 0.500. The molecule has 7 heteroatoms. The number of rotatable bonds is 3. The first-order chi connectivity index (χ1) is 10.9. The Morgan fingerprint density at radius 2 is 2.00 bits per heavy atom. The van der Waals surface area contributed by atoms with Crippen LogP contribution in [0.25, 0.3) is 0 Å². The Morgan fingerprint density at radius 3 is 2.65 bits per heavy atom. The molecule has 23 heavy (non-hydrogen) atoms. The molecule has 1 aliphatic heterocycles. The molecule has 124 valence electrons. The monoisotopic (exact) mass is 325 g/mol. The van der Waals surface area contributed by atoms with Crippen LogP contribution in [-0.2, 0) is 16.1 Å². The van der Waals surface area contributed by atoms with Crippen molar-refractivity contribution in [1.82, 2.24) is 4.90 Å². The minimum atomic E-state index is -3.30. The van der Waals surface area contributed by atoms with Gasteiger partial charge in [0.2, 0.25) is 0 Å². The number of carbonyl (C=O) groups is 2. The number of likely N-dealkylation sites (tertiary alicyclic amines) is 1. The van der Waals surface area contributed by atoms with Crippen molar-refractivity contribution >= 4 is 12.1 Å². The summed E-state index contributed by atoms with van der Waals surface area (Å²) in [6.45, 7) is -0.660. The van der Waals surface area contributed by atoms with Gasteiger partial charge in [-0.3, -0.25) is 4.79 Å². The average Bonchev–Trinajstić information content (AvgIpc) is 2.69. The highest BCUT2D eigenvalue weighted by Crippen LogP contribution is 2.57. The molecular formula is C16H17F2NO4. The van der Waals surface area contributed by atoms with Crippen molar-refractivity contribution in [1.29, 1.82) is 0 Å². The lowest BCUT2D eigenvalue weighted by atomic mass is 9.78. The molecule has 0 radical (unpaired) electrons. The van der Waals surface area contributed by atoms with E-state index in [9.17, 15) is 23.5 Å². The number of fused-ring (bicyclic) bond motifs is 2. The van der Waals surface area contributed by atoms with E-state index >= 15 is 0 Å². The summed E-state index contributed by atoms with van der Waals surface area (Å²) in [4.78, 5) is 24.7. The van der Waals surface area contributed by atoms with Crippen LogP contribution >= 0.6 is 0 Å². The standard InChI is InChI=1S/C16H17F2NO4/c17-16(18)12-6-7-15(16,13(20)21)10-19(8-12)14(22)23-9-11-4-2-1-3-5-11/h1-5,12H,6-10H2,(H,20,21). The van der Waals surface area contributed by atoms with Crippen molar-refractivity contribution in [2.24, 2.45) is 11.3 Å². The topological polar surface area (TPSA) is 66.8 Å². The Hall–Kier alpha value is -2.18. The number of carboxylic acid groups (broad SMARTS) is 1. The number of hydrogen-bond donors (Lipinski definition) is 1. The minimum absolute atomic E-state index is 0.0251. The first kappa shape index (κ1) is 15.7. The number of hydrogen-bond acceptors (Lipinski definition) is 3. The number of piperidine rings is 1. The number of halogens is 2. The van der Waals surface area contributed by atoms with Crippen molar-refractivity contribution in [3.8, 4) is 0 Å². The van der Waals surface area contributed by atoms with E-state index in [-0.39, 0.29) is 26.0 Å². The molecule has 0 spiro atoms. The van der Waals surface area contributed by atoms with E-state index in [0.29, 0.717) is 0 Å². The maximum Gasteiger partial charge on any atom is 0.410 e. The van der Waals surface area contributed by atoms with Gasteiger partial charge in [0.25, 0.3) is 5.92 Å². The molecule has 1 saturated heterocycles. The third-order valence-electron chi connectivity index (χ3n) is 4.84. The lowest BCUT2D eigenvalue weighted by molar-refractivity contribution is -0.194. The molecule has 1 aromatic carbocycles. The second-order valence-electron chi connectivity index (χ2n) is 6.17. The van der Waals surface area contributed by atoms with E-state index in [0.717, 1.165) is 10.5 Å². The van der Waals surface area contributed by atoms with E-state index in [2.05, 4.69) is 0 Å². The zero-order valence-corrected chi connectivity index (χ0v) is 12.4. The van der Waals surface area contributed by atoms with Crippen molar-refractivity contribution in [3.63, 3.8) is 0 Å². The Balaban J connectivity index is 1.70. The highest BCUT2D eigenvalue weighted by Gasteiger charge is 2.70. The minimum Gasteiger partial charge on any atom is -0.481 e. The number of carbonyl (C=O) groups excluding carboxylic acids is 1. The fourth-order valence-electron chi connectivity index (χ4n) is 3.47. The lowest BCUT2D eigenvalue weighted by Crippen LogP contribution is -2.60.